The SMILES string of the molecule is CCOC(Cc1ccc(OCCn2c(CC)nc(-c3ccccc3)c(CC)c2=O)cc1)C(=O)O. The molecule has 1 atom stereocenters. The van der Waals surface area contributed by atoms with E-state index in [9.17, 15) is 14.7 Å². The van der Waals surface area contributed by atoms with E-state index in [4.69, 9.17) is 14.5 Å². The molecule has 7 heteroatoms. The molecule has 0 saturated carbocycles. The second-order valence-electron chi connectivity index (χ2n) is 7.86. The second kappa shape index (κ2) is 12.1. The number of ether oxygens (including phenoxy) is 2. The summed E-state index contributed by atoms with van der Waals surface area (Å²) in [6.07, 6.45) is 0.660. The third kappa shape index (κ3) is 6.11. The van der Waals surface area contributed by atoms with Crippen molar-refractivity contribution < 1.29 is 19.4 Å². The summed E-state index contributed by atoms with van der Waals surface area (Å²) in [6, 6.07) is 17.1. The van der Waals surface area contributed by atoms with Gasteiger partial charge in [-0.25, -0.2) is 9.78 Å². The van der Waals surface area contributed by atoms with Gasteiger partial charge >= 0.3 is 5.97 Å². The highest BCUT2D eigenvalue weighted by molar-refractivity contribution is 5.72. The summed E-state index contributed by atoms with van der Waals surface area (Å²) in [4.78, 5) is 29.4. The zero-order chi connectivity index (χ0) is 24.5. The lowest BCUT2D eigenvalue weighted by Crippen LogP contribution is -2.31. The lowest BCUT2D eigenvalue weighted by molar-refractivity contribution is -0.149. The Labute approximate surface area is 200 Å². The monoisotopic (exact) mass is 464 g/mol. The Morgan fingerprint density at radius 3 is 2.32 bits per heavy atom. The van der Waals surface area contributed by atoms with E-state index in [1.54, 1.807) is 23.6 Å². The van der Waals surface area contributed by atoms with Crippen LogP contribution in [0.2, 0.25) is 0 Å². The third-order valence-electron chi connectivity index (χ3n) is 5.63. The van der Waals surface area contributed by atoms with Crippen LogP contribution in [-0.2, 0) is 35.3 Å². The molecule has 34 heavy (non-hydrogen) atoms. The molecule has 1 N–H and O–H groups in total. The molecule has 0 aliphatic rings. The molecule has 0 amide bonds. The quantitative estimate of drug-likeness (QED) is 0.433. The van der Waals surface area contributed by atoms with Crippen molar-refractivity contribution in [3.8, 4) is 17.0 Å². The van der Waals surface area contributed by atoms with E-state index < -0.39 is 12.1 Å². The molecule has 0 fully saturated rings. The van der Waals surface area contributed by atoms with Crippen molar-refractivity contribution in [2.24, 2.45) is 0 Å². The molecule has 0 aliphatic carbocycles. The van der Waals surface area contributed by atoms with Gasteiger partial charge in [0, 0.05) is 30.6 Å². The molecule has 0 bridgehead atoms. The van der Waals surface area contributed by atoms with E-state index in [1.165, 1.54) is 0 Å². The van der Waals surface area contributed by atoms with E-state index in [-0.39, 0.29) is 12.0 Å². The number of aryl methyl sites for hydroxylation is 1. The van der Waals surface area contributed by atoms with Gasteiger partial charge in [-0.2, -0.15) is 0 Å². The minimum absolute atomic E-state index is 0.0252. The number of hydrogen-bond donors (Lipinski definition) is 1. The Morgan fingerprint density at radius 1 is 1.03 bits per heavy atom. The summed E-state index contributed by atoms with van der Waals surface area (Å²) in [5, 5.41) is 9.25. The smallest absolute Gasteiger partial charge is 0.333 e. The van der Waals surface area contributed by atoms with Crippen LogP contribution >= 0.6 is 0 Å². The van der Waals surface area contributed by atoms with Crippen LogP contribution in [0.5, 0.6) is 5.75 Å². The number of aliphatic carboxylic acids is 1. The van der Waals surface area contributed by atoms with Crippen molar-refractivity contribution >= 4 is 5.97 Å². The van der Waals surface area contributed by atoms with Crippen LogP contribution in [0.4, 0.5) is 0 Å². The van der Waals surface area contributed by atoms with E-state index in [0.717, 1.165) is 22.6 Å². The lowest BCUT2D eigenvalue weighted by Gasteiger charge is -2.17. The van der Waals surface area contributed by atoms with Gasteiger partial charge in [0.05, 0.1) is 12.2 Å². The number of nitrogens with zero attached hydrogens (tertiary/aromatic N) is 2. The van der Waals surface area contributed by atoms with Crippen molar-refractivity contribution in [3.63, 3.8) is 0 Å². The fourth-order valence-electron chi connectivity index (χ4n) is 3.90. The van der Waals surface area contributed by atoms with Gasteiger partial charge in [-0.15, -0.1) is 0 Å². The average Bonchev–Trinajstić information content (AvgIpc) is 2.85. The summed E-state index contributed by atoms with van der Waals surface area (Å²) in [5.74, 6) is 0.413. The Kier molecular flexibility index (Phi) is 8.99. The molecule has 2 aromatic carbocycles. The van der Waals surface area contributed by atoms with E-state index in [2.05, 4.69) is 0 Å². The van der Waals surface area contributed by atoms with Crippen LogP contribution in [-0.4, -0.2) is 39.9 Å². The molecule has 180 valence electrons. The van der Waals surface area contributed by atoms with Crippen LogP contribution in [0, 0.1) is 0 Å². The summed E-state index contributed by atoms with van der Waals surface area (Å²) in [7, 11) is 0. The van der Waals surface area contributed by atoms with Crippen molar-refractivity contribution in [3.05, 3.63) is 81.9 Å². The molecular formula is C27H32N2O5. The largest absolute Gasteiger partial charge is 0.492 e. The first-order valence-electron chi connectivity index (χ1n) is 11.7. The number of hydrogen-bond acceptors (Lipinski definition) is 5. The normalized spacial score (nSPS) is 11.9. The molecular weight excluding hydrogens is 432 g/mol. The lowest BCUT2D eigenvalue weighted by atomic mass is 10.0. The summed E-state index contributed by atoms with van der Waals surface area (Å²) >= 11 is 0. The first kappa shape index (κ1) is 25.2. The minimum atomic E-state index is -0.974. The van der Waals surface area contributed by atoms with Gasteiger partial charge in [-0.3, -0.25) is 9.36 Å². The summed E-state index contributed by atoms with van der Waals surface area (Å²) in [6.45, 7) is 6.79. The highest BCUT2D eigenvalue weighted by Gasteiger charge is 2.18. The maximum atomic E-state index is 13.3. The Bertz CT molecular complexity index is 1140. The summed E-state index contributed by atoms with van der Waals surface area (Å²) < 4.78 is 12.9. The number of aromatic nitrogens is 2. The molecule has 1 aromatic heterocycles. The molecule has 1 heterocycles. The standard InChI is InChI=1S/C27H32N2O5/c1-4-22-25(20-10-8-7-9-11-20)28-24(5-2)29(26(22)30)16-17-34-21-14-12-19(13-15-21)18-23(27(31)32)33-6-3/h7-15,23H,4-6,16-18H2,1-3H3,(H,31,32). The Morgan fingerprint density at radius 2 is 1.74 bits per heavy atom. The molecule has 0 aliphatic heterocycles. The van der Waals surface area contributed by atoms with Crippen LogP contribution in [0.25, 0.3) is 11.3 Å². The first-order valence-corrected chi connectivity index (χ1v) is 11.7. The number of carboxylic acids is 1. The van der Waals surface area contributed by atoms with Crippen LogP contribution in [0.1, 0.15) is 37.7 Å². The van der Waals surface area contributed by atoms with Gasteiger partial charge in [-0.1, -0.05) is 56.3 Å². The van der Waals surface area contributed by atoms with Gasteiger partial charge in [0.2, 0.25) is 0 Å². The molecule has 0 radical (unpaired) electrons. The van der Waals surface area contributed by atoms with E-state index in [0.29, 0.717) is 43.9 Å². The van der Waals surface area contributed by atoms with Crippen molar-refractivity contribution in [1.29, 1.82) is 0 Å². The van der Waals surface area contributed by atoms with Crippen LogP contribution < -0.4 is 10.3 Å². The van der Waals surface area contributed by atoms with Gasteiger partial charge in [0.25, 0.3) is 5.56 Å². The molecule has 3 aromatic rings. The summed E-state index contributed by atoms with van der Waals surface area (Å²) in [5.41, 5.74) is 3.23. The zero-order valence-corrected chi connectivity index (χ0v) is 20.0. The predicted octanol–water partition coefficient (Wildman–Crippen LogP) is 4.15. The molecule has 1 unspecified atom stereocenters. The molecule has 0 saturated heterocycles. The second-order valence-corrected chi connectivity index (χ2v) is 7.86. The van der Waals surface area contributed by atoms with Gasteiger partial charge in [0.1, 0.15) is 18.2 Å². The van der Waals surface area contributed by atoms with Crippen LogP contribution in [0.15, 0.2) is 59.4 Å². The fraction of sp³-hybridized carbons (Fsp3) is 0.370. The van der Waals surface area contributed by atoms with Gasteiger partial charge < -0.3 is 14.6 Å². The molecule has 0 spiro atoms. The minimum Gasteiger partial charge on any atom is -0.492 e. The number of carbonyl (C=O) groups is 1. The number of benzene rings is 2. The van der Waals surface area contributed by atoms with Crippen molar-refractivity contribution in [2.75, 3.05) is 13.2 Å². The maximum absolute atomic E-state index is 13.3. The van der Waals surface area contributed by atoms with Crippen LogP contribution in [0.3, 0.4) is 0 Å². The molecule has 3 rings (SSSR count). The van der Waals surface area contributed by atoms with Crippen molar-refractivity contribution in [2.45, 2.75) is 52.7 Å². The molecule has 7 nitrogen and oxygen atoms in total. The Hall–Kier alpha value is -3.45. The zero-order valence-electron chi connectivity index (χ0n) is 20.0. The first-order chi connectivity index (χ1) is 16.5. The number of rotatable bonds is 12. The predicted molar refractivity (Wildman–Crippen MR) is 131 cm³/mol. The van der Waals surface area contributed by atoms with E-state index >= 15 is 0 Å². The average molecular weight is 465 g/mol. The van der Waals surface area contributed by atoms with E-state index in [1.807, 2.05) is 56.3 Å². The fourth-order valence-corrected chi connectivity index (χ4v) is 3.90. The highest BCUT2D eigenvalue weighted by atomic mass is 16.5. The third-order valence-corrected chi connectivity index (χ3v) is 5.63. The highest BCUT2D eigenvalue weighted by Crippen LogP contribution is 2.20. The maximum Gasteiger partial charge on any atom is 0.333 e. The topological polar surface area (TPSA) is 90.7 Å². The van der Waals surface area contributed by atoms with Gasteiger partial charge in [-0.05, 0) is 31.0 Å². The van der Waals surface area contributed by atoms with Gasteiger partial charge in [0.15, 0.2) is 6.10 Å². The van der Waals surface area contributed by atoms with Crippen molar-refractivity contribution in [1.82, 2.24) is 9.55 Å². The number of carboxylic acid groups (broad SMARTS) is 1. The Balaban J connectivity index is 1.71.